The Bertz CT molecular complexity index is 1060. The average molecular weight is 399 g/mol. The first kappa shape index (κ1) is 19.4. The highest BCUT2D eigenvalue weighted by atomic mass is 16.2. The largest absolute Gasteiger partial charge is 0.326 e. The quantitative estimate of drug-likeness (QED) is 0.569. The molecule has 3 aromatic carbocycles. The topological polar surface area (TPSA) is 87.3 Å². The van der Waals surface area contributed by atoms with Gasteiger partial charge in [-0.3, -0.25) is 14.4 Å². The fourth-order valence-corrected chi connectivity index (χ4v) is 2.93. The lowest BCUT2D eigenvalue weighted by atomic mass is 10.1. The first-order valence-electron chi connectivity index (χ1n) is 9.77. The fraction of sp³-hybridized carbons (Fsp3) is 0.125. The molecule has 0 aromatic heterocycles. The van der Waals surface area contributed by atoms with E-state index in [2.05, 4.69) is 16.0 Å². The van der Waals surface area contributed by atoms with E-state index in [4.69, 9.17) is 0 Å². The third-order valence-corrected chi connectivity index (χ3v) is 4.80. The van der Waals surface area contributed by atoms with Crippen molar-refractivity contribution in [3.05, 3.63) is 90.0 Å². The van der Waals surface area contributed by atoms with Crippen LogP contribution in [-0.4, -0.2) is 17.7 Å². The van der Waals surface area contributed by atoms with E-state index in [1.165, 1.54) is 0 Å². The van der Waals surface area contributed by atoms with Crippen LogP contribution in [0.5, 0.6) is 0 Å². The Morgan fingerprint density at radius 3 is 1.50 bits per heavy atom. The summed E-state index contributed by atoms with van der Waals surface area (Å²) < 4.78 is 0. The number of nitrogens with one attached hydrogen (secondary N) is 3. The van der Waals surface area contributed by atoms with Crippen LogP contribution in [0.3, 0.4) is 0 Å². The van der Waals surface area contributed by atoms with Crippen molar-refractivity contribution in [2.24, 2.45) is 5.92 Å². The van der Waals surface area contributed by atoms with E-state index in [9.17, 15) is 14.4 Å². The van der Waals surface area contributed by atoms with Gasteiger partial charge in [0.25, 0.3) is 11.8 Å². The summed E-state index contributed by atoms with van der Waals surface area (Å²) in [5.41, 5.74) is 2.99. The zero-order valence-electron chi connectivity index (χ0n) is 16.2. The number of amides is 3. The molecule has 3 N–H and O–H groups in total. The third kappa shape index (κ3) is 4.91. The first-order chi connectivity index (χ1) is 14.6. The van der Waals surface area contributed by atoms with Crippen molar-refractivity contribution < 1.29 is 14.4 Å². The highest BCUT2D eigenvalue weighted by Gasteiger charge is 2.29. The number of carbonyl (C=O) groups excluding carboxylic acids is 3. The number of carbonyl (C=O) groups is 3. The van der Waals surface area contributed by atoms with E-state index in [0.717, 1.165) is 12.8 Å². The maximum absolute atomic E-state index is 12.5. The monoisotopic (exact) mass is 399 g/mol. The van der Waals surface area contributed by atoms with Crippen LogP contribution in [0.25, 0.3) is 0 Å². The third-order valence-electron chi connectivity index (χ3n) is 4.80. The highest BCUT2D eigenvalue weighted by Crippen LogP contribution is 2.30. The molecular formula is C24H21N3O3. The van der Waals surface area contributed by atoms with Crippen LogP contribution in [0.15, 0.2) is 78.9 Å². The van der Waals surface area contributed by atoms with Gasteiger partial charge in [-0.1, -0.05) is 18.2 Å². The number of hydrogen-bond donors (Lipinski definition) is 3. The van der Waals surface area contributed by atoms with Gasteiger partial charge in [0.1, 0.15) is 0 Å². The molecular weight excluding hydrogens is 378 g/mol. The minimum atomic E-state index is -0.259. The number of benzene rings is 3. The molecule has 0 saturated heterocycles. The Labute approximate surface area is 174 Å². The van der Waals surface area contributed by atoms with Gasteiger partial charge in [0.15, 0.2) is 0 Å². The molecule has 3 aromatic rings. The summed E-state index contributed by atoms with van der Waals surface area (Å²) in [7, 11) is 0. The zero-order chi connectivity index (χ0) is 20.9. The molecule has 4 rings (SSSR count). The smallest absolute Gasteiger partial charge is 0.255 e. The van der Waals surface area contributed by atoms with Crippen LogP contribution in [-0.2, 0) is 4.79 Å². The maximum Gasteiger partial charge on any atom is 0.255 e. The molecule has 1 aliphatic carbocycles. The van der Waals surface area contributed by atoms with Crippen LogP contribution in [0.2, 0.25) is 0 Å². The van der Waals surface area contributed by atoms with E-state index in [1.807, 2.05) is 6.07 Å². The van der Waals surface area contributed by atoms with Crippen LogP contribution in [0, 0.1) is 5.92 Å². The lowest BCUT2D eigenvalue weighted by molar-refractivity contribution is -0.117. The summed E-state index contributed by atoms with van der Waals surface area (Å²) in [4.78, 5) is 36.4. The predicted molar refractivity (Wildman–Crippen MR) is 117 cm³/mol. The Balaban J connectivity index is 1.33. The van der Waals surface area contributed by atoms with Gasteiger partial charge in [-0.2, -0.15) is 0 Å². The van der Waals surface area contributed by atoms with Gasteiger partial charge in [-0.05, 0) is 73.5 Å². The molecule has 6 nitrogen and oxygen atoms in total. The molecule has 0 aliphatic heterocycles. The van der Waals surface area contributed by atoms with Crippen molar-refractivity contribution >= 4 is 34.8 Å². The molecule has 30 heavy (non-hydrogen) atoms. The second kappa shape index (κ2) is 8.61. The maximum atomic E-state index is 12.5. The van der Waals surface area contributed by atoms with Crippen molar-refractivity contribution in [2.45, 2.75) is 12.8 Å². The molecule has 150 valence electrons. The molecule has 0 spiro atoms. The second-order valence-corrected chi connectivity index (χ2v) is 7.19. The lowest BCUT2D eigenvalue weighted by Gasteiger charge is -2.09. The van der Waals surface area contributed by atoms with Crippen LogP contribution in [0.1, 0.15) is 33.6 Å². The van der Waals surface area contributed by atoms with Gasteiger partial charge in [0.2, 0.25) is 5.91 Å². The first-order valence-corrected chi connectivity index (χ1v) is 9.77. The Morgan fingerprint density at radius 1 is 0.567 bits per heavy atom. The number of rotatable bonds is 6. The zero-order valence-corrected chi connectivity index (χ0v) is 16.2. The van der Waals surface area contributed by atoms with E-state index in [-0.39, 0.29) is 23.6 Å². The van der Waals surface area contributed by atoms with Crippen molar-refractivity contribution in [1.29, 1.82) is 0 Å². The van der Waals surface area contributed by atoms with Gasteiger partial charge in [-0.15, -0.1) is 0 Å². The Kier molecular flexibility index (Phi) is 5.57. The van der Waals surface area contributed by atoms with Gasteiger partial charge in [0, 0.05) is 34.1 Å². The molecule has 0 atom stereocenters. The predicted octanol–water partition coefficient (Wildman–Crippen LogP) is 4.54. The summed E-state index contributed by atoms with van der Waals surface area (Å²) in [6.07, 6.45) is 1.91. The fourth-order valence-electron chi connectivity index (χ4n) is 2.93. The van der Waals surface area contributed by atoms with E-state index in [1.54, 1.807) is 72.8 Å². The molecule has 1 saturated carbocycles. The standard InChI is InChI=1S/C24H21N3O3/c28-22(16-4-2-1-3-5-16)25-19-10-8-18(9-11-19)24(30)27-21-14-12-20(13-15-21)26-23(29)17-6-7-17/h1-5,8-15,17H,6-7H2,(H,25,28)(H,26,29)(H,27,30). The van der Waals surface area contributed by atoms with Gasteiger partial charge >= 0.3 is 0 Å². The van der Waals surface area contributed by atoms with Gasteiger partial charge < -0.3 is 16.0 Å². The summed E-state index contributed by atoms with van der Waals surface area (Å²) in [5, 5.41) is 8.49. The molecule has 0 heterocycles. The van der Waals surface area contributed by atoms with Crippen LogP contribution in [0.4, 0.5) is 17.1 Å². The van der Waals surface area contributed by atoms with E-state index in [0.29, 0.717) is 28.2 Å². The van der Waals surface area contributed by atoms with Crippen LogP contribution < -0.4 is 16.0 Å². The molecule has 0 bridgehead atoms. The van der Waals surface area contributed by atoms with E-state index >= 15 is 0 Å². The summed E-state index contributed by atoms with van der Waals surface area (Å²) in [5.74, 6) is -0.275. The van der Waals surface area contributed by atoms with Gasteiger partial charge in [-0.25, -0.2) is 0 Å². The minimum Gasteiger partial charge on any atom is -0.326 e. The lowest BCUT2D eigenvalue weighted by Crippen LogP contribution is -2.14. The normalized spacial score (nSPS) is 12.7. The van der Waals surface area contributed by atoms with Crippen molar-refractivity contribution in [3.63, 3.8) is 0 Å². The van der Waals surface area contributed by atoms with Crippen molar-refractivity contribution in [3.8, 4) is 0 Å². The molecule has 1 aliphatic rings. The number of anilines is 3. The summed E-state index contributed by atoms with van der Waals surface area (Å²) >= 11 is 0. The Morgan fingerprint density at radius 2 is 1.00 bits per heavy atom. The van der Waals surface area contributed by atoms with Crippen molar-refractivity contribution in [2.75, 3.05) is 16.0 Å². The van der Waals surface area contributed by atoms with Crippen molar-refractivity contribution in [1.82, 2.24) is 0 Å². The van der Waals surface area contributed by atoms with E-state index < -0.39 is 0 Å². The molecule has 1 fully saturated rings. The molecule has 3 amide bonds. The summed E-state index contributed by atoms with van der Waals surface area (Å²) in [6.45, 7) is 0. The number of hydrogen-bond acceptors (Lipinski definition) is 3. The highest BCUT2D eigenvalue weighted by molar-refractivity contribution is 6.06. The molecule has 0 unspecified atom stereocenters. The minimum absolute atomic E-state index is 0.0474. The molecule has 0 radical (unpaired) electrons. The Hall–Kier alpha value is -3.93. The van der Waals surface area contributed by atoms with Crippen LogP contribution >= 0.6 is 0 Å². The summed E-state index contributed by atoms with van der Waals surface area (Å²) in [6, 6.07) is 22.6. The van der Waals surface area contributed by atoms with Gasteiger partial charge in [0.05, 0.1) is 0 Å². The average Bonchev–Trinajstić information content (AvgIpc) is 3.62. The molecule has 6 heteroatoms. The second-order valence-electron chi connectivity index (χ2n) is 7.19. The SMILES string of the molecule is O=C(Nc1ccc(C(=O)Nc2ccc(NC(=O)C3CC3)cc2)cc1)c1ccccc1.